The van der Waals surface area contributed by atoms with E-state index in [1.54, 1.807) is 37.4 Å². The van der Waals surface area contributed by atoms with E-state index < -0.39 is 17.7 Å². The van der Waals surface area contributed by atoms with E-state index in [-0.39, 0.29) is 35.5 Å². The Morgan fingerprint density at radius 3 is 2.71 bits per heavy atom. The van der Waals surface area contributed by atoms with Crippen LogP contribution in [-0.4, -0.2) is 60.3 Å². The minimum Gasteiger partial charge on any atom is -0.507 e. The number of benzene rings is 2. The van der Waals surface area contributed by atoms with Crippen LogP contribution in [0, 0.1) is 0 Å². The number of ether oxygens (including phenoxy) is 3. The van der Waals surface area contributed by atoms with Crippen LogP contribution in [0.15, 0.2) is 40.4 Å². The number of phenols is 1. The number of Topliss-reactive ketones (excluding diaryl/α,β-unsaturated/α-hetero) is 1. The van der Waals surface area contributed by atoms with Gasteiger partial charge in [-0.05, 0) is 70.7 Å². The van der Waals surface area contributed by atoms with Crippen LogP contribution in [0.1, 0.15) is 36.1 Å². The van der Waals surface area contributed by atoms with E-state index >= 15 is 0 Å². The second-order valence-corrected chi connectivity index (χ2v) is 9.20. The Labute approximate surface area is 205 Å². The van der Waals surface area contributed by atoms with Crippen molar-refractivity contribution < 1.29 is 34.0 Å². The molecule has 1 saturated heterocycles. The molecule has 0 spiro atoms. The summed E-state index contributed by atoms with van der Waals surface area (Å²) >= 11 is 3.31. The fourth-order valence-corrected chi connectivity index (χ4v) is 4.93. The Morgan fingerprint density at radius 1 is 1.24 bits per heavy atom. The van der Waals surface area contributed by atoms with Gasteiger partial charge in [0.15, 0.2) is 11.5 Å². The number of methoxy groups -OCH3 is 2. The van der Waals surface area contributed by atoms with Crippen molar-refractivity contribution in [2.75, 3.05) is 27.4 Å². The fourth-order valence-electron chi connectivity index (χ4n) is 4.47. The summed E-state index contributed by atoms with van der Waals surface area (Å²) in [6.45, 7) is 2.61. The predicted molar refractivity (Wildman–Crippen MR) is 128 cm³/mol. The second-order valence-electron chi connectivity index (χ2n) is 8.35. The molecule has 2 aliphatic heterocycles. The first-order valence-corrected chi connectivity index (χ1v) is 11.7. The molecule has 4 rings (SSSR count). The van der Waals surface area contributed by atoms with Gasteiger partial charge in [0.05, 0.1) is 23.2 Å². The van der Waals surface area contributed by atoms with Crippen LogP contribution in [0.3, 0.4) is 0 Å². The SMILES string of the molecule is COCCCN1C(=O)C(=O)/C(=C(/O)c2ccc3c(c2)C[C@H](C)O3)[C@H]1c1cc(Br)c(O)c(OC)c1. The number of ketones is 1. The van der Waals surface area contributed by atoms with Gasteiger partial charge < -0.3 is 29.3 Å². The molecule has 0 unspecified atom stereocenters. The van der Waals surface area contributed by atoms with Crippen LogP contribution in [0.5, 0.6) is 17.2 Å². The average Bonchev–Trinajstić information content (AvgIpc) is 3.31. The first kappa shape index (κ1) is 24.1. The van der Waals surface area contributed by atoms with Gasteiger partial charge in [-0.25, -0.2) is 0 Å². The van der Waals surface area contributed by atoms with Crippen molar-refractivity contribution in [2.24, 2.45) is 0 Å². The van der Waals surface area contributed by atoms with Gasteiger partial charge in [0, 0.05) is 32.2 Å². The zero-order chi connectivity index (χ0) is 24.6. The Morgan fingerprint density at radius 2 is 2.00 bits per heavy atom. The number of hydrogen-bond acceptors (Lipinski definition) is 7. The Balaban J connectivity index is 1.86. The topological polar surface area (TPSA) is 106 Å². The van der Waals surface area contributed by atoms with E-state index in [4.69, 9.17) is 14.2 Å². The molecule has 1 fully saturated rings. The molecule has 2 N–H and O–H groups in total. The highest BCUT2D eigenvalue weighted by Gasteiger charge is 2.46. The van der Waals surface area contributed by atoms with Gasteiger partial charge in [-0.3, -0.25) is 9.59 Å². The first-order chi connectivity index (χ1) is 16.3. The monoisotopic (exact) mass is 531 g/mol. The summed E-state index contributed by atoms with van der Waals surface area (Å²) in [5.74, 6) is -0.918. The average molecular weight is 532 g/mol. The number of carbonyl (C=O) groups excluding carboxylic acids is 2. The highest BCUT2D eigenvalue weighted by atomic mass is 79.9. The molecule has 0 aromatic heterocycles. The molecule has 2 aliphatic rings. The molecule has 8 nitrogen and oxygen atoms in total. The number of halogens is 1. The molecule has 34 heavy (non-hydrogen) atoms. The number of nitrogens with zero attached hydrogens (tertiary/aromatic N) is 1. The molecule has 0 bridgehead atoms. The lowest BCUT2D eigenvalue weighted by Gasteiger charge is -2.26. The third-order valence-electron chi connectivity index (χ3n) is 6.04. The second kappa shape index (κ2) is 9.68. The maximum absolute atomic E-state index is 13.2. The van der Waals surface area contributed by atoms with Gasteiger partial charge >= 0.3 is 0 Å². The highest BCUT2D eigenvalue weighted by Crippen LogP contribution is 2.44. The Hall–Kier alpha value is -3.04. The first-order valence-electron chi connectivity index (χ1n) is 10.9. The van der Waals surface area contributed by atoms with Crippen molar-refractivity contribution in [3.63, 3.8) is 0 Å². The zero-order valence-electron chi connectivity index (χ0n) is 19.1. The van der Waals surface area contributed by atoms with E-state index in [2.05, 4.69) is 15.9 Å². The van der Waals surface area contributed by atoms with Gasteiger partial charge in [-0.1, -0.05) is 0 Å². The van der Waals surface area contributed by atoms with Crippen LogP contribution in [0.25, 0.3) is 5.76 Å². The molecular formula is C25H26BrNO7. The lowest BCUT2D eigenvalue weighted by Crippen LogP contribution is -2.31. The normalized spacial score (nSPS) is 21.0. The molecule has 0 radical (unpaired) electrons. The van der Waals surface area contributed by atoms with E-state index in [1.807, 2.05) is 6.92 Å². The standard InChI is InChI=1S/C25H26BrNO7/c1-13-9-15-10-14(5-6-18(15)34-13)22(28)20-21(16-11-17(26)23(29)19(12-16)33-3)27(7-4-8-32-2)25(31)24(20)30/h5-6,10-13,21,28-29H,4,7-9H2,1-3H3/b22-20+/t13-,21+/m0/s1. The summed E-state index contributed by atoms with van der Waals surface area (Å²) in [4.78, 5) is 27.6. The third-order valence-corrected chi connectivity index (χ3v) is 6.65. The smallest absolute Gasteiger partial charge is 0.295 e. The molecule has 2 heterocycles. The van der Waals surface area contributed by atoms with Crippen molar-refractivity contribution in [2.45, 2.75) is 31.9 Å². The van der Waals surface area contributed by atoms with Crippen LogP contribution in [0.4, 0.5) is 0 Å². The van der Waals surface area contributed by atoms with E-state index in [9.17, 15) is 19.8 Å². The number of aromatic hydroxyl groups is 1. The summed E-state index contributed by atoms with van der Waals surface area (Å²) in [6.07, 6.45) is 1.22. The number of likely N-dealkylation sites (tertiary alicyclic amines) is 1. The summed E-state index contributed by atoms with van der Waals surface area (Å²) in [7, 11) is 2.97. The lowest BCUT2D eigenvalue weighted by atomic mass is 9.94. The Bertz CT molecular complexity index is 1180. The van der Waals surface area contributed by atoms with Crippen LogP contribution < -0.4 is 9.47 Å². The Kier molecular flexibility index (Phi) is 6.86. The number of aliphatic hydroxyl groups is 1. The molecule has 2 aromatic rings. The van der Waals surface area contributed by atoms with Gasteiger partial charge in [-0.2, -0.15) is 0 Å². The largest absolute Gasteiger partial charge is 0.507 e. The van der Waals surface area contributed by atoms with Gasteiger partial charge in [0.2, 0.25) is 0 Å². The minimum atomic E-state index is -0.869. The molecule has 1 amide bonds. The predicted octanol–water partition coefficient (Wildman–Crippen LogP) is 3.94. The maximum Gasteiger partial charge on any atom is 0.295 e. The summed E-state index contributed by atoms with van der Waals surface area (Å²) < 4.78 is 16.5. The quantitative estimate of drug-likeness (QED) is 0.241. The number of fused-ring (bicyclic) bond motifs is 1. The maximum atomic E-state index is 13.2. The number of rotatable bonds is 7. The van der Waals surface area contributed by atoms with Gasteiger partial charge in [0.1, 0.15) is 17.6 Å². The lowest BCUT2D eigenvalue weighted by molar-refractivity contribution is -0.140. The molecule has 2 atom stereocenters. The molecule has 0 saturated carbocycles. The van der Waals surface area contributed by atoms with Crippen molar-refractivity contribution >= 4 is 33.4 Å². The third kappa shape index (κ3) is 4.25. The van der Waals surface area contributed by atoms with Crippen molar-refractivity contribution in [3.8, 4) is 17.2 Å². The molecule has 0 aliphatic carbocycles. The summed E-state index contributed by atoms with van der Waals surface area (Å²) in [5, 5.41) is 21.6. The number of phenolic OH excluding ortho intramolecular Hbond substituents is 1. The number of carbonyl (C=O) groups is 2. The van der Waals surface area contributed by atoms with Crippen molar-refractivity contribution in [1.29, 1.82) is 0 Å². The summed E-state index contributed by atoms with van der Waals surface area (Å²) in [6, 6.07) is 7.53. The summed E-state index contributed by atoms with van der Waals surface area (Å²) in [5.41, 5.74) is 1.85. The molecule has 9 heteroatoms. The van der Waals surface area contributed by atoms with Crippen LogP contribution in [0.2, 0.25) is 0 Å². The van der Waals surface area contributed by atoms with E-state index in [1.165, 1.54) is 12.0 Å². The van der Waals surface area contributed by atoms with Crippen molar-refractivity contribution in [3.05, 3.63) is 57.1 Å². The minimum absolute atomic E-state index is 0.0195. The molecular weight excluding hydrogens is 506 g/mol. The molecule has 180 valence electrons. The number of amides is 1. The number of hydrogen-bond donors (Lipinski definition) is 2. The zero-order valence-corrected chi connectivity index (χ0v) is 20.7. The van der Waals surface area contributed by atoms with Gasteiger partial charge in [-0.15, -0.1) is 0 Å². The molecule has 2 aromatic carbocycles. The van der Waals surface area contributed by atoms with E-state index in [0.717, 1.165) is 11.3 Å². The highest BCUT2D eigenvalue weighted by molar-refractivity contribution is 9.10. The number of aliphatic hydroxyl groups excluding tert-OH is 1. The van der Waals surface area contributed by atoms with E-state index in [0.29, 0.717) is 35.0 Å². The van der Waals surface area contributed by atoms with Gasteiger partial charge in [0.25, 0.3) is 11.7 Å². The fraction of sp³-hybridized carbons (Fsp3) is 0.360. The van der Waals surface area contributed by atoms with Crippen LogP contribution in [-0.2, 0) is 20.7 Å². The van der Waals surface area contributed by atoms with Crippen molar-refractivity contribution in [1.82, 2.24) is 4.90 Å². The van der Waals surface area contributed by atoms with Crippen LogP contribution >= 0.6 is 15.9 Å².